The molecule has 0 amide bonds. The van der Waals surface area contributed by atoms with E-state index in [4.69, 9.17) is 9.47 Å². The van der Waals surface area contributed by atoms with Crippen LogP contribution in [0.2, 0.25) is 0 Å². The first kappa shape index (κ1) is 19.2. The number of esters is 1. The molecule has 1 atom stereocenters. The van der Waals surface area contributed by atoms with E-state index in [1.54, 1.807) is 13.0 Å². The lowest BCUT2D eigenvalue weighted by atomic mass is 9.88. The van der Waals surface area contributed by atoms with Gasteiger partial charge in [0.1, 0.15) is 11.2 Å². The Bertz CT molecular complexity index is 740. The molecule has 132 valence electrons. The predicted molar refractivity (Wildman–Crippen MR) is 101 cm³/mol. The Kier molecular flexibility index (Phi) is 6.37. The SMILES string of the molecule is CCOC(=O)C(C)(C)C(=O)C(Br)Oc1ccccc1-c1ccccc1. The van der Waals surface area contributed by atoms with E-state index in [9.17, 15) is 9.59 Å². The quantitative estimate of drug-likeness (QED) is 0.384. The van der Waals surface area contributed by atoms with Crippen molar-refractivity contribution in [3.05, 3.63) is 54.6 Å². The molecule has 5 heteroatoms. The molecule has 0 N–H and O–H groups in total. The van der Waals surface area contributed by atoms with Crippen molar-refractivity contribution in [2.24, 2.45) is 5.41 Å². The molecule has 25 heavy (non-hydrogen) atoms. The highest BCUT2D eigenvalue weighted by Gasteiger charge is 2.41. The molecule has 2 aromatic carbocycles. The monoisotopic (exact) mass is 404 g/mol. The number of hydrogen-bond acceptors (Lipinski definition) is 4. The highest BCUT2D eigenvalue weighted by molar-refractivity contribution is 9.09. The lowest BCUT2D eigenvalue weighted by molar-refractivity contribution is -0.158. The van der Waals surface area contributed by atoms with Gasteiger partial charge in [0.25, 0.3) is 0 Å². The summed E-state index contributed by atoms with van der Waals surface area (Å²) < 4.78 is 10.8. The number of rotatable bonds is 7. The first-order valence-corrected chi connectivity index (χ1v) is 8.96. The van der Waals surface area contributed by atoms with Gasteiger partial charge >= 0.3 is 5.97 Å². The van der Waals surface area contributed by atoms with E-state index in [1.165, 1.54) is 13.8 Å². The molecule has 2 aromatic rings. The minimum Gasteiger partial charge on any atom is -0.471 e. The summed E-state index contributed by atoms with van der Waals surface area (Å²) in [6.07, 6.45) is 0. The number of Topliss-reactive ketones (excluding diaryl/α,β-unsaturated/α-hetero) is 1. The van der Waals surface area contributed by atoms with E-state index in [2.05, 4.69) is 15.9 Å². The van der Waals surface area contributed by atoms with Gasteiger partial charge in [0.2, 0.25) is 10.8 Å². The van der Waals surface area contributed by atoms with Crippen LogP contribution < -0.4 is 4.74 Å². The second-order valence-corrected chi connectivity index (χ2v) is 6.84. The minimum absolute atomic E-state index is 0.222. The Morgan fingerprint density at radius 1 is 1.04 bits per heavy atom. The van der Waals surface area contributed by atoms with Crippen molar-refractivity contribution in [2.45, 2.75) is 25.8 Å². The van der Waals surface area contributed by atoms with Crippen molar-refractivity contribution >= 4 is 27.7 Å². The Morgan fingerprint density at radius 2 is 1.64 bits per heavy atom. The van der Waals surface area contributed by atoms with Gasteiger partial charge in [0, 0.05) is 5.56 Å². The normalized spacial score (nSPS) is 12.3. The van der Waals surface area contributed by atoms with Gasteiger partial charge in [0.05, 0.1) is 6.61 Å². The lowest BCUT2D eigenvalue weighted by Gasteiger charge is -2.24. The van der Waals surface area contributed by atoms with Crippen molar-refractivity contribution in [3.63, 3.8) is 0 Å². The van der Waals surface area contributed by atoms with Gasteiger partial charge in [-0.2, -0.15) is 0 Å². The van der Waals surface area contributed by atoms with Crippen LogP contribution in [0.4, 0.5) is 0 Å². The van der Waals surface area contributed by atoms with E-state index in [0.717, 1.165) is 11.1 Å². The van der Waals surface area contributed by atoms with Crippen molar-refractivity contribution in [2.75, 3.05) is 6.61 Å². The number of carbonyl (C=O) groups is 2. The maximum absolute atomic E-state index is 12.7. The van der Waals surface area contributed by atoms with Crippen molar-refractivity contribution in [3.8, 4) is 16.9 Å². The zero-order valence-corrected chi connectivity index (χ0v) is 16.1. The van der Waals surface area contributed by atoms with E-state index in [-0.39, 0.29) is 6.61 Å². The predicted octanol–water partition coefficient (Wildman–Crippen LogP) is 4.61. The third kappa shape index (κ3) is 4.48. The molecular formula is C20H21BrO4. The summed E-state index contributed by atoms with van der Waals surface area (Å²) in [6, 6.07) is 17.2. The smallest absolute Gasteiger partial charge is 0.319 e. The van der Waals surface area contributed by atoms with Gasteiger partial charge in [-0.1, -0.05) is 48.5 Å². The number of alkyl halides is 1. The maximum Gasteiger partial charge on any atom is 0.319 e. The second kappa shape index (κ2) is 8.30. The molecule has 1 unspecified atom stereocenters. The third-order valence-electron chi connectivity index (χ3n) is 3.81. The number of carbonyl (C=O) groups excluding carboxylic acids is 2. The van der Waals surface area contributed by atoms with Crippen LogP contribution in [0, 0.1) is 5.41 Å². The van der Waals surface area contributed by atoms with E-state index in [0.29, 0.717) is 5.75 Å². The zero-order chi connectivity index (χ0) is 18.4. The third-order valence-corrected chi connectivity index (χ3v) is 4.41. The van der Waals surface area contributed by atoms with Crippen LogP contribution in [0.3, 0.4) is 0 Å². The van der Waals surface area contributed by atoms with Crippen LogP contribution in [-0.2, 0) is 14.3 Å². The van der Waals surface area contributed by atoms with Crippen molar-refractivity contribution < 1.29 is 19.1 Å². The molecule has 0 heterocycles. The number of ether oxygens (including phenoxy) is 2. The summed E-state index contributed by atoms with van der Waals surface area (Å²) in [7, 11) is 0. The Morgan fingerprint density at radius 3 is 2.28 bits per heavy atom. The molecule has 0 aliphatic rings. The standard InChI is InChI=1S/C20H21BrO4/c1-4-24-19(23)20(2,3)17(22)18(21)25-16-13-9-8-12-15(16)14-10-6-5-7-11-14/h5-13,18H,4H2,1-3H3. The van der Waals surface area contributed by atoms with Crippen LogP contribution in [-0.4, -0.2) is 23.4 Å². The minimum atomic E-state index is -1.30. The molecule has 0 aliphatic heterocycles. The maximum atomic E-state index is 12.7. The summed E-state index contributed by atoms with van der Waals surface area (Å²) in [5.41, 5.74) is 0.551. The van der Waals surface area contributed by atoms with Gasteiger partial charge in [-0.3, -0.25) is 9.59 Å². The van der Waals surface area contributed by atoms with Gasteiger partial charge < -0.3 is 9.47 Å². The van der Waals surface area contributed by atoms with E-state index >= 15 is 0 Å². The molecule has 0 fully saturated rings. The highest BCUT2D eigenvalue weighted by Crippen LogP contribution is 2.33. The van der Waals surface area contributed by atoms with Gasteiger partial charge in [-0.05, 0) is 48.3 Å². The number of benzene rings is 2. The Hall–Kier alpha value is -2.14. The van der Waals surface area contributed by atoms with Crippen LogP contribution in [0.5, 0.6) is 5.75 Å². The topological polar surface area (TPSA) is 52.6 Å². The summed E-state index contributed by atoms with van der Waals surface area (Å²) in [6.45, 7) is 5.00. The van der Waals surface area contributed by atoms with Crippen LogP contribution >= 0.6 is 15.9 Å². The van der Waals surface area contributed by atoms with Crippen molar-refractivity contribution in [1.82, 2.24) is 0 Å². The molecule has 0 bridgehead atoms. The average molecular weight is 405 g/mol. The van der Waals surface area contributed by atoms with Crippen molar-refractivity contribution in [1.29, 1.82) is 0 Å². The fourth-order valence-electron chi connectivity index (χ4n) is 2.29. The van der Waals surface area contributed by atoms with Crippen LogP contribution in [0.15, 0.2) is 54.6 Å². The molecule has 0 aliphatic carbocycles. The zero-order valence-electron chi connectivity index (χ0n) is 14.5. The number of para-hydroxylation sites is 1. The number of hydrogen-bond donors (Lipinski definition) is 0. The highest BCUT2D eigenvalue weighted by atomic mass is 79.9. The Balaban J connectivity index is 2.23. The molecule has 2 rings (SSSR count). The van der Waals surface area contributed by atoms with E-state index < -0.39 is 22.2 Å². The largest absolute Gasteiger partial charge is 0.471 e. The van der Waals surface area contributed by atoms with Crippen LogP contribution in [0.25, 0.3) is 11.1 Å². The van der Waals surface area contributed by atoms with Gasteiger partial charge in [0.15, 0.2) is 0 Å². The molecule has 0 saturated carbocycles. The summed E-state index contributed by atoms with van der Waals surface area (Å²) in [5, 5.41) is -0.961. The molecular weight excluding hydrogens is 384 g/mol. The molecule has 0 aromatic heterocycles. The van der Waals surface area contributed by atoms with E-state index in [1.807, 2.05) is 48.5 Å². The summed E-state index contributed by atoms with van der Waals surface area (Å²) in [4.78, 5) is 24.7. The number of halogens is 1. The first-order chi connectivity index (χ1) is 11.9. The fourth-order valence-corrected chi connectivity index (χ4v) is 3.06. The molecule has 0 saturated heterocycles. The first-order valence-electron chi connectivity index (χ1n) is 8.04. The molecule has 4 nitrogen and oxygen atoms in total. The second-order valence-electron chi connectivity index (χ2n) is 6.01. The van der Waals surface area contributed by atoms with Gasteiger partial charge in [-0.25, -0.2) is 0 Å². The summed E-state index contributed by atoms with van der Waals surface area (Å²) >= 11 is 3.26. The van der Waals surface area contributed by atoms with Crippen LogP contribution in [0.1, 0.15) is 20.8 Å². The number of ketones is 1. The average Bonchev–Trinajstić information content (AvgIpc) is 2.62. The lowest BCUT2D eigenvalue weighted by Crippen LogP contribution is -2.41. The van der Waals surface area contributed by atoms with Gasteiger partial charge in [-0.15, -0.1) is 0 Å². The molecule has 0 radical (unpaired) electrons. The fraction of sp³-hybridized carbons (Fsp3) is 0.300. The molecule has 0 spiro atoms. The Labute approximate surface area is 156 Å². The summed E-state index contributed by atoms with van der Waals surface area (Å²) in [5.74, 6) is -0.401.